The molecule has 1 aliphatic carbocycles. The first-order valence-corrected chi connectivity index (χ1v) is 6.95. The van der Waals surface area contributed by atoms with Crippen LogP contribution in [0.1, 0.15) is 41.4 Å². The molecular weight excluding hydrogens is 263 g/mol. The quantitative estimate of drug-likeness (QED) is 0.794. The highest BCUT2D eigenvalue weighted by Crippen LogP contribution is 2.40. The molecule has 0 aliphatic heterocycles. The molecule has 1 saturated carbocycles. The first-order chi connectivity index (χ1) is 9.26. The number of halogens is 2. The Balaban J connectivity index is 1.84. The maximum Gasteiger partial charge on any atom is 0.132 e. The predicted octanol–water partition coefficient (Wildman–Crippen LogP) is 3.82. The molecule has 0 amide bonds. The Morgan fingerprint density at radius 3 is 2.58 bits per heavy atom. The summed E-state index contributed by atoms with van der Waals surface area (Å²) < 4.78 is 12.9. The summed E-state index contributed by atoms with van der Waals surface area (Å²) in [5.41, 5.74) is 3.15. The van der Waals surface area contributed by atoms with E-state index in [1.165, 1.54) is 25.0 Å². The number of aromatic nitrogens is 2. The van der Waals surface area contributed by atoms with Gasteiger partial charge in [0, 0.05) is 24.1 Å². The average Bonchev–Trinajstić information content (AvgIpc) is 3.26. The molecule has 0 saturated heterocycles. The Hall–Kier alpha value is -1.48. The van der Waals surface area contributed by atoms with Crippen LogP contribution in [0.4, 0.5) is 4.39 Å². The van der Waals surface area contributed by atoms with Crippen LogP contribution < -0.4 is 0 Å². The molecule has 4 heteroatoms. The van der Waals surface area contributed by atoms with Gasteiger partial charge < -0.3 is 0 Å². The lowest BCUT2D eigenvalue weighted by Crippen LogP contribution is -2.03. The Morgan fingerprint density at radius 1 is 1.21 bits per heavy atom. The van der Waals surface area contributed by atoms with Crippen LogP contribution in [-0.2, 0) is 12.3 Å². The molecule has 1 aliphatic rings. The van der Waals surface area contributed by atoms with Crippen molar-refractivity contribution < 1.29 is 4.39 Å². The molecule has 0 N–H and O–H groups in total. The first kappa shape index (κ1) is 12.5. The SMILES string of the molecule is Fc1ccc(Cc2ncc(CCl)c(C3CC3)n2)cc1. The molecule has 1 aromatic heterocycles. The highest BCUT2D eigenvalue weighted by molar-refractivity contribution is 6.17. The Kier molecular flexibility index (Phi) is 3.47. The second-order valence-corrected chi connectivity index (χ2v) is 5.18. The van der Waals surface area contributed by atoms with Crippen molar-refractivity contribution >= 4 is 11.6 Å². The van der Waals surface area contributed by atoms with Crippen LogP contribution in [0.5, 0.6) is 0 Å². The zero-order chi connectivity index (χ0) is 13.2. The fourth-order valence-electron chi connectivity index (χ4n) is 2.14. The van der Waals surface area contributed by atoms with Crippen molar-refractivity contribution in [2.24, 2.45) is 0 Å². The van der Waals surface area contributed by atoms with Crippen LogP contribution >= 0.6 is 11.6 Å². The molecule has 1 aromatic carbocycles. The fraction of sp³-hybridized carbons (Fsp3) is 0.333. The topological polar surface area (TPSA) is 25.8 Å². The maximum atomic E-state index is 12.9. The fourth-order valence-corrected chi connectivity index (χ4v) is 2.35. The predicted molar refractivity (Wildman–Crippen MR) is 72.8 cm³/mol. The van der Waals surface area contributed by atoms with E-state index in [1.807, 2.05) is 6.20 Å². The van der Waals surface area contributed by atoms with Crippen LogP contribution in [0.15, 0.2) is 30.5 Å². The molecule has 0 bridgehead atoms. The molecule has 0 spiro atoms. The second kappa shape index (κ2) is 5.25. The van der Waals surface area contributed by atoms with Crippen molar-refractivity contribution in [1.29, 1.82) is 0 Å². The summed E-state index contributed by atoms with van der Waals surface area (Å²) in [6.45, 7) is 0. The zero-order valence-corrected chi connectivity index (χ0v) is 11.2. The lowest BCUT2D eigenvalue weighted by Gasteiger charge is -2.07. The van der Waals surface area contributed by atoms with Crippen molar-refractivity contribution in [3.8, 4) is 0 Å². The van der Waals surface area contributed by atoms with Crippen LogP contribution in [-0.4, -0.2) is 9.97 Å². The van der Waals surface area contributed by atoms with E-state index in [0.29, 0.717) is 18.2 Å². The third-order valence-corrected chi connectivity index (χ3v) is 3.62. The van der Waals surface area contributed by atoms with E-state index in [9.17, 15) is 4.39 Å². The van der Waals surface area contributed by atoms with E-state index in [0.717, 1.165) is 22.6 Å². The van der Waals surface area contributed by atoms with Gasteiger partial charge >= 0.3 is 0 Å². The molecular formula is C15H14ClFN2. The summed E-state index contributed by atoms with van der Waals surface area (Å²) in [5, 5.41) is 0. The summed E-state index contributed by atoms with van der Waals surface area (Å²) in [5.74, 6) is 1.58. The standard InChI is InChI=1S/C15H14ClFN2/c16-8-12-9-18-14(19-15(12)11-3-4-11)7-10-1-5-13(17)6-2-10/h1-2,5-6,9,11H,3-4,7-8H2. The lowest BCUT2D eigenvalue weighted by molar-refractivity contribution is 0.627. The van der Waals surface area contributed by atoms with Crippen molar-refractivity contribution in [2.75, 3.05) is 0 Å². The van der Waals surface area contributed by atoms with Gasteiger partial charge in [0.2, 0.25) is 0 Å². The maximum absolute atomic E-state index is 12.9. The van der Waals surface area contributed by atoms with Gasteiger partial charge in [-0.1, -0.05) is 12.1 Å². The first-order valence-electron chi connectivity index (χ1n) is 6.41. The second-order valence-electron chi connectivity index (χ2n) is 4.91. The van der Waals surface area contributed by atoms with Crippen LogP contribution in [0.3, 0.4) is 0 Å². The molecule has 0 unspecified atom stereocenters. The van der Waals surface area contributed by atoms with Crippen LogP contribution in [0, 0.1) is 5.82 Å². The third-order valence-electron chi connectivity index (χ3n) is 3.33. The molecule has 2 aromatic rings. The van der Waals surface area contributed by atoms with E-state index in [4.69, 9.17) is 11.6 Å². The van der Waals surface area contributed by atoms with Crippen LogP contribution in [0.25, 0.3) is 0 Å². The summed E-state index contributed by atoms with van der Waals surface area (Å²) >= 11 is 5.91. The van der Waals surface area contributed by atoms with Gasteiger partial charge in [-0.3, -0.25) is 0 Å². The van der Waals surface area contributed by atoms with Crippen molar-refractivity contribution in [3.63, 3.8) is 0 Å². The summed E-state index contributed by atoms with van der Waals surface area (Å²) in [7, 11) is 0. The van der Waals surface area contributed by atoms with Gasteiger partial charge in [0.05, 0.1) is 11.6 Å². The van der Waals surface area contributed by atoms with Gasteiger partial charge in [-0.05, 0) is 30.5 Å². The minimum absolute atomic E-state index is 0.221. The van der Waals surface area contributed by atoms with Gasteiger partial charge in [0.25, 0.3) is 0 Å². The number of rotatable bonds is 4. The number of hydrogen-bond donors (Lipinski definition) is 0. The molecule has 2 nitrogen and oxygen atoms in total. The van der Waals surface area contributed by atoms with E-state index < -0.39 is 0 Å². The number of benzene rings is 1. The van der Waals surface area contributed by atoms with Gasteiger partial charge in [0.1, 0.15) is 11.6 Å². The molecule has 1 heterocycles. The smallest absolute Gasteiger partial charge is 0.132 e. The van der Waals surface area contributed by atoms with Gasteiger partial charge in [0.15, 0.2) is 0 Å². The number of hydrogen-bond acceptors (Lipinski definition) is 2. The Bertz CT molecular complexity index is 579. The summed E-state index contributed by atoms with van der Waals surface area (Å²) in [6.07, 6.45) is 4.84. The zero-order valence-electron chi connectivity index (χ0n) is 10.4. The van der Waals surface area contributed by atoms with Gasteiger partial charge in [-0.2, -0.15) is 0 Å². The van der Waals surface area contributed by atoms with E-state index in [1.54, 1.807) is 12.1 Å². The van der Waals surface area contributed by atoms with E-state index >= 15 is 0 Å². The molecule has 19 heavy (non-hydrogen) atoms. The molecule has 0 atom stereocenters. The normalized spacial score (nSPS) is 14.6. The Morgan fingerprint density at radius 2 is 1.95 bits per heavy atom. The van der Waals surface area contributed by atoms with Gasteiger partial charge in [-0.25, -0.2) is 14.4 Å². The summed E-state index contributed by atoms with van der Waals surface area (Å²) in [4.78, 5) is 8.98. The van der Waals surface area contributed by atoms with Gasteiger partial charge in [-0.15, -0.1) is 11.6 Å². The van der Waals surface area contributed by atoms with E-state index in [-0.39, 0.29) is 5.82 Å². The minimum Gasteiger partial charge on any atom is -0.241 e. The molecule has 98 valence electrons. The van der Waals surface area contributed by atoms with E-state index in [2.05, 4.69) is 9.97 Å². The highest BCUT2D eigenvalue weighted by atomic mass is 35.5. The van der Waals surface area contributed by atoms with Crippen molar-refractivity contribution in [1.82, 2.24) is 9.97 Å². The largest absolute Gasteiger partial charge is 0.241 e. The molecule has 0 radical (unpaired) electrons. The monoisotopic (exact) mass is 276 g/mol. The average molecular weight is 277 g/mol. The number of alkyl halides is 1. The lowest BCUT2D eigenvalue weighted by atomic mass is 10.1. The third kappa shape index (κ3) is 2.92. The summed E-state index contributed by atoms with van der Waals surface area (Å²) in [6, 6.07) is 6.46. The minimum atomic E-state index is -0.221. The molecule has 3 rings (SSSR count). The van der Waals surface area contributed by atoms with Crippen molar-refractivity contribution in [2.45, 2.75) is 31.1 Å². The Labute approximate surface area is 116 Å². The van der Waals surface area contributed by atoms with Crippen molar-refractivity contribution in [3.05, 3.63) is 58.9 Å². The number of nitrogens with zero attached hydrogens (tertiary/aromatic N) is 2. The van der Waals surface area contributed by atoms with Crippen LogP contribution in [0.2, 0.25) is 0 Å². The highest BCUT2D eigenvalue weighted by Gasteiger charge is 2.27. The molecule has 1 fully saturated rings.